The molecule has 1 aromatic carbocycles. The second kappa shape index (κ2) is 4.75. The van der Waals surface area contributed by atoms with Crippen molar-refractivity contribution in [3.8, 4) is 11.5 Å². The molecule has 1 aliphatic carbocycles. The van der Waals surface area contributed by atoms with Gasteiger partial charge in [-0.15, -0.1) is 0 Å². The molecule has 19 heavy (non-hydrogen) atoms. The fourth-order valence-corrected chi connectivity index (χ4v) is 2.14. The zero-order valence-electron chi connectivity index (χ0n) is 9.66. The van der Waals surface area contributed by atoms with Gasteiger partial charge in [0.25, 0.3) is 0 Å². The zero-order chi connectivity index (χ0) is 14.3. The number of aromatic hydroxyl groups is 2. The molecular formula is C12H8Cl2O5. The molecule has 0 atom stereocenters. The Kier molecular flexibility index (Phi) is 3.43. The number of hydrogen-bond donors (Lipinski definition) is 2. The van der Waals surface area contributed by atoms with Crippen LogP contribution in [0, 0.1) is 0 Å². The fraction of sp³-hybridized carbons (Fsp3) is 0.167. The first-order valence-electron chi connectivity index (χ1n) is 5.26. The van der Waals surface area contributed by atoms with Crippen molar-refractivity contribution in [2.45, 2.75) is 6.92 Å². The number of phenols is 2. The van der Waals surface area contributed by atoms with Gasteiger partial charge in [-0.05, 0) is 6.92 Å². The van der Waals surface area contributed by atoms with Gasteiger partial charge in [0.1, 0.15) is 21.5 Å². The Hall–Kier alpha value is -1.72. The van der Waals surface area contributed by atoms with Gasteiger partial charge in [-0.25, -0.2) is 0 Å². The molecule has 0 amide bonds. The molecular weight excluding hydrogens is 295 g/mol. The number of halogens is 2. The van der Waals surface area contributed by atoms with Gasteiger partial charge in [0.05, 0.1) is 17.7 Å². The largest absolute Gasteiger partial charge is 0.506 e. The Bertz CT molecular complexity index is 634. The van der Waals surface area contributed by atoms with E-state index in [4.69, 9.17) is 27.9 Å². The molecule has 0 spiro atoms. The number of carbonyl (C=O) groups excluding carboxylic acids is 2. The van der Waals surface area contributed by atoms with Crippen LogP contribution in [-0.2, 0) is 4.74 Å². The van der Waals surface area contributed by atoms with Gasteiger partial charge in [-0.2, -0.15) is 0 Å². The number of rotatable bonds is 2. The van der Waals surface area contributed by atoms with Crippen molar-refractivity contribution in [3.05, 3.63) is 33.0 Å². The van der Waals surface area contributed by atoms with Crippen LogP contribution in [0.1, 0.15) is 27.6 Å². The normalized spacial score (nSPS) is 14.2. The van der Waals surface area contributed by atoms with Gasteiger partial charge in [0.2, 0.25) is 5.78 Å². The van der Waals surface area contributed by atoms with Crippen molar-refractivity contribution in [1.82, 2.24) is 0 Å². The first-order chi connectivity index (χ1) is 8.90. The van der Waals surface area contributed by atoms with Crippen molar-refractivity contribution >= 4 is 34.8 Å². The summed E-state index contributed by atoms with van der Waals surface area (Å²) in [5.41, 5.74) is -0.775. The van der Waals surface area contributed by atoms with E-state index < -0.39 is 33.7 Å². The summed E-state index contributed by atoms with van der Waals surface area (Å²) in [5, 5.41) is 18.8. The van der Waals surface area contributed by atoms with E-state index in [1.807, 2.05) is 0 Å². The lowest BCUT2D eigenvalue weighted by Crippen LogP contribution is -2.19. The number of Topliss-reactive ketones (excluding diaryl/α,β-unsaturated/α-hetero) is 1. The Morgan fingerprint density at radius 3 is 2.16 bits per heavy atom. The van der Waals surface area contributed by atoms with E-state index in [9.17, 15) is 19.8 Å². The molecule has 0 unspecified atom stereocenters. The van der Waals surface area contributed by atoms with E-state index in [0.717, 1.165) is 6.08 Å². The summed E-state index contributed by atoms with van der Waals surface area (Å²) in [4.78, 5) is 23.9. The van der Waals surface area contributed by atoms with Crippen molar-refractivity contribution in [1.29, 1.82) is 0 Å². The number of phenolic OH excluding ortho intramolecular Hbond substituents is 2. The number of fused-ring (bicyclic) bond motifs is 1. The van der Waals surface area contributed by atoms with Gasteiger partial charge in [0.15, 0.2) is 11.5 Å². The van der Waals surface area contributed by atoms with Crippen LogP contribution in [0.3, 0.4) is 0 Å². The summed E-state index contributed by atoms with van der Waals surface area (Å²) in [7, 11) is 0. The molecule has 0 bridgehead atoms. The average molecular weight is 303 g/mol. The molecule has 0 saturated carbocycles. The Morgan fingerprint density at radius 1 is 1.11 bits per heavy atom. The van der Waals surface area contributed by atoms with Crippen molar-refractivity contribution in [2.75, 3.05) is 6.61 Å². The monoisotopic (exact) mass is 302 g/mol. The first kappa shape index (κ1) is 13.7. The van der Waals surface area contributed by atoms with E-state index in [-0.39, 0.29) is 23.0 Å². The standard InChI is InChI=1S/C12H8Cl2O5/c1-2-19-5-3-4(15)6-7(10(5)16)12(18)9(14)8(13)11(6)17/h3,17-18H,2H2,1H3. The van der Waals surface area contributed by atoms with Crippen LogP contribution < -0.4 is 0 Å². The maximum Gasteiger partial charge on any atom is 0.232 e. The SMILES string of the molecule is CCOC1=CC(=O)c2c(O)c(Cl)c(Cl)c(O)c2C1=O. The van der Waals surface area contributed by atoms with Gasteiger partial charge in [-0.3, -0.25) is 9.59 Å². The highest BCUT2D eigenvalue weighted by Gasteiger charge is 2.35. The molecule has 1 aromatic rings. The summed E-state index contributed by atoms with van der Waals surface area (Å²) in [5.74, 6) is -2.92. The fourth-order valence-electron chi connectivity index (χ4n) is 1.77. The molecule has 0 fully saturated rings. The van der Waals surface area contributed by atoms with Crippen LogP contribution in [0.2, 0.25) is 10.0 Å². The van der Waals surface area contributed by atoms with E-state index >= 15 is 0 Å². The molecule has 100 valence electrons. The third-order valence-electron chi connectivity index (χ3n) is 2.59. The van der Waals surface area contributed by atoms with Crippen LogP contribution >= 0.6 is 23.2 Å². The summed E-state index contributed by atoms with van der Waals surface area (Å²) in [6.45, 7) is 1.81. The van der Waals surface area contributed by atoms with Crippen LogP contribution in [0.4, 0.5) is 0 Å². The number of hydrogen-bond acceptors (Lipinski definition) is 5. The predicted octanol–water partition coefficient (Wildman–Crippen LogP) is 2.70. The van der Waals surface area contributed by atoms with E-state index in [2.05, 4.69) is 0 Å². The van der Waals surface area contributed by atoms with E-state index in [0.29, 0.717) is 0 Å². The zero-order valence-corrected chi connectivity index (χ0v) is 11.2. The molecule has 0 saturated heterocycles. The molecule has 1 aliphatic rings. The summed E-state index contributed by atoms with van der Waals surface area (Å²) >= 11 is 11.4. The Morgan fingerprint density at radius 2 is 1.63 bits per heavy atom. The van der Waals surface area contributed by atoms with Crippen molar-refractivity contribution in [3.63, 3.8) is 0 Å². The predicted molar refractivity (Wildman–Crippen MR) is 68.2 cm³/mol. The lowest BCUT2D eigenvalue weighted by Gasteiger charge is -2.18. The van der Waals surface area contributed by atoms with Gasteiger partial charge < -0.3 is 14.9 Å². The molecule has 0 aliphatic heterocycles. The molecule has 2 rings (SSSR count). The Balaban J connectivity index is 2.76. The molecule has 2 N–H and O–H groups in total. The summed E-state index contributed by atoms with van der Waals surface area (Å²) < 4.78 is 5.01. The lowest BCUT2D eigenvalue weighted by atomic mass is 9.91. The lowest BCUT2D eigenvalue weighted by molar-refractivity contribution is 0.0887. The second-order valence-corrected chi connectivity index (χ2v) is 4.47. The average Bonchev–Trinajstić information content (AvgIpc) is 2.37. The number of allylic oxidation sites excluding steroid dienone is 2. The maximum atomic E-state index is 12.1. The highest BCUT2D eigenvalue weighted by Crippen LogP contribution is 2.46. The smallest absolute Gasteiger partial charge is 0.232 e. The topological polar surface area (TPSA) is 83.8 Å². The first-order valence-corrected chi connectivity index (χ1v) is 6.02. The van der Waals surface area contributed by atoms with Crippen molar-refractivity contribution in [2.24, 2.45) is 0 Å². The molecule has 0 aromatic heterocycles. The maximum absolute atomic E-state index is 12.1. The summed E-state index contributed by atoms with van der Waals surface area (Å²) in [6.07, 6.45) is 0.942. The second-order valence-electron chi connectivity index (χ2n) is 3.71. The van der Waals surface area contributed by atoms with E-state index in [1.165, 1.54) is 0 Å². The minimum atomic E-state index is -0.734. The molecule has 7 heteroatoms. The minimum Gasteiger partial charge on any atom is -0.506 e. The number of benzene rings is 1. The summed E-state index contributed by atoms with van der Waals surface area (Å²) in [6, 6.07) is 0. The number of ether oxygens (including phenoxy) is 1. The molecule has 0 radical (unpaired) electrons. The minimum absolute atomic E-state index is 0.175. The number of ketones is 2. The highest BCUT2D eigenvalue weighted by atomic mass is 35.5. The van der Waals surface area contributed by atoms with Gasteiger partial charge in [-0.1, -0.05) is 23.2 Å². The third-order valence-corrected chi connectivity index (χ3v) is 3.42. The third kappa shape index (κ3) is 1.95. The van der Waals surface area contributed by atoms with E-state index in [1.54, 1.807) is 6.92 Å². The highest BCUT2D eigenvalue weighted by molar-refractivity contribution is 6.45. The van der Waals surface area contributed by atoms with Crippen LogP contribution in [0.5, 0.6) is 11.5 Å². The van der Waals surface area contributed by atoms with Crippen LogP contribution in [-0.4, -0.2) is 28.4 Å². The van der Waals surface area contributed by atoms with Crippen LogP contribution in [0.15, 0.2) is 11.8 Å². The van der Waals surface area contributed by atoms with Crippen molar-refractivity contribution < 1.29 is 24.5 Å². The van der Waals surface area contributed by atoms with Gasteiger partial charge >= 0.3 is 0 Å². The van der Waals surface area contributed by atoms with Crippen LogP contribution in [0.25, 0.3) is 0 Å². The Labute approximate surface area is 118 Å². The quantitative estimate of drug-likeness (QED) is 0.821. The van der Waals surface area contributed by atoms with Gasteiger partial charge in [0, 0.05) is 6.08 Å². The molecule has 5 nitrogen and oxygen atoms in total. The molecule has 0 heterocycles. The number of carbonyl (C=O) groups is 2.